The maximum atomic E-state index is 12.7. The van der Waals surface area contributed by atoms with Crippen LogP contribution in [0.3, 0.4) is 0 Å². The van der Waals surface area contributed by atoms with Crippen LogP contribution in [0, 0.1) is 10.1 Å². The lowest BCUT2D eigenvalue weighted by atomic mass is 10.1. The molecule has 1 aromatic heterocycles. The third-order valence-corrected chi connectivity index (χ3v) is 6.07. The Hall–Kier alpha value is -3.27. The number of carbonyl (C=O) groups is 2. The summed E-state index contributed by atoms with van der Waals surface area (Å²) in [4.78, 5) is 36.6. The van der Waals surface area contributed by atoms with E-state index >= 15 is 0 Å². The van der Waals surface area contributed by atoms with Gasteiger partial charge in [0.15, 0.2) is 0 Å². The highest BCUT2D eigenvalue weighted by molar-refractivity contribution is 8.18. The van der Waals surface area contributed by atoms with Gasteiger partial charge in [0.25, 0.3) is 16.8 Å². The van der Waals surface area contributed by atoms with Gasteiger partial charge in [-0.15, -0.1) is 0 Å². The first-order valence-electron chi connectivity index (χ1n) is 9.50. The zero-order chi connectivity index (χ0) is 23.5. The maximum Gasteiger partial charge on any atom is 0.293 e. The normalized spacial score (nSPS) is 14.8. The van der Waals surface area contributed by atoms with Crippen LogP contribution in [-0.4, -0.2) is 34.1 Å². The Morgan fingerprint density at radius 1 is 1.09 bits per heavy atom. The van der Waals surface area contributed by atoms with E-state index in [4.69, 9.17) is 32.4 Å². The Balaban J connectivity index is 1.43. The fourth-order valence-electron chi connectivity index (χ4n) is 3.00. The highest BCUT2D eigenvalue weighted by Crippen LogP contribution is 2.35. The van der Waals surface area contributed by atoms with Crippen LogP contribution >= 0.6 is 35.0 Å². The zero-order valence-corrected chi connectivity index (χ0v) is 19.0. The number of nitrogens with zero attached hydrogens (tertiary/aromatic N) is 2. The molecule has 1 saturated heterocycles. The third-order valence-electron chi connectivity index (χ3n) is 4.60. The van der Waals surface area contributed by atoms with E-state index in [9.17, 15) is 19.7 Å². The molecular weight excluding hydrogens is 491 g/mol. The molecule has 168 valence electrons. The summed E-state index contributed by atoms with van der Waals surface area (Å²) in [6.45, 7) is 0.225. The van der Waals surface area contributed by atoms with E-state index in [0.29, 0.717) is 27.9 Å². The smallest absolute Gasteiger partial charge is 0.293 e. The second-order valence-corrected chi connectivity index (χ2v) is 8.60. The number of hydrogen-bond acceptors (Lipinski definition) is 7. The summed E-state index contributed by atoms with van der Waals surface area (Å²) in [5.74, 6) is 0.838. The highest BCUT2D eigenvalue weighted by atomic mass is 35.5. The van der Waals surface area contributed by atoms with Crippen LogP contribution in [0.15, 0.2) is 63.9 Å². The predicted molar refractivity (Wildman–Crippen MR) is 125 cm³/mol. The molecule has 2 aromatic carbocycles. The van der Waals surface area contributed by atoms with E-state index in [1.54, 1.807) is 36.4 Å². The Morgan fingerprint density at radius 3 is 2.55 bits per heavy atom. The van der Waals surface area contributed by atoms with Crippen molar-refractivity contribution >= 4 is 57.9 Å². The summed E-state index contributed by atoms with van der Waals surface area (Å²) in [5, 5.41) is 11.2. The van der Waals surface area contributed by atoms with Crippen molar-refractivity contribution in [2.45, 2.75) is 0 Å². The average molecular weight is 505 g/mol. The molecule has 8 nitrogen and oxygen atoms in total. The number of nitro benzene ring substituents is 1. The van der Waals surface area contributed by atoms with Gasteiger partial charge in [-0.1, -0.05) is 23.2 Å². The molecule has 33 heavy (non-hydrogen) atoms. The first-order chi connectivity index (χ1) is 15.8. The molecule has 2 heterocycles. The van der Waals surface area contributed by atoms with Gasteiger partial charge in [-0.3, -0.25) is 24.6 Å². The van der Waals surface area contributed by atoms with Crippen LogP contribution in [0.1, 0.15) is 5.76 Å². The van der Waals surface area contributed by atoms with Crippen LogP contribution < -0.4 is 4.74 Å². The van der Waals surface area contributed by atoms with E-state index in [-0.39, 0.29) is 28.8 Å². The minimum absolute atomic E-state index is 0.0897. The van der Waals surface area contributed by atoms with Crippen molar-refractivity contribution < 1.29 is 23.7 Å². The number of thioether (sulfide) groups is 1. The molecule has 0 spiro atoms. The van der Waals surface area contributed by atoms with E-state index in [2.05, 4.69) is 0 Å². The summed E-state index contributed by atoms with van der Waals surface area (Å²) in [6, 6.07) is 14.0. The first kappa shape index (κ1) is 22.9. The lowest BCUT2D eigenvalue weighted by molar-refractivity contribution is -0.384. The number of furan rings is 1. The van der Waals surface area contributed by atoms with E-state index in [1.807, 2.05) is 0 Å². The summed E-state index contributed by atoms with van der Waals surface area (Å²) in [7, 11) is 0. The number of hydrogen-bond donors (Lipinski definition) is 0. The van der Waals surface area contributed by atoms with Gasteiger partial charge in [0.1, 0.15) is 23.9 Å². The van der Waals surface area contributed by atoms with Gasteiger partial charge in [-0.2, -0.15) is 0 Å². The number of imide groups is 1. The van der Waals surface area contributed by atoms with Crippen LogP contribution in [0.25, 0.3) is 17.4 Å². The highest BCUT2D eigenvalue weighted by Gasteiger charge is 2.35. The second-order valence-electron chi connectivity index (χ2n) is 6.76. The Bertz CT molecular complexity index is 1270. The van der Waals surface area contributed by atoms with Crippen molar-refractivity contribution in [2.24, 2.45) is 0 Å². The molecule has 0 saturated carbocycles. The van der Waals surface area contributed by atoms with Crippen LogP contribution in [0.2, 0.25) is 10.0 Å². The standard InChI is InChI=1S/C22H14Cl2N2O6S/c23-13-1-4-15(5-2-13)31-10-9-25-21(27)20(33-22(25)28)12-16-6-8-19(32-16)17-7-3-14(26(29)30)11-18(17)24/h1-8,11-12H,9-10H2/b20-12-. The van der Waals surface area contributed by atoms with E-state index < -0.39 is 16.1 Å². The zero-order valence-electron chi connectivity index (χ0n) is 16.7. The lowest BCUT2D eigenvalue weighted by Crippen LogP contribution is -2.32. The molecule has 4 rings (SSSR count). The fourth-order valence-corrected chi connectivity index (χ4v) is 4.24. The van der Waals surface area contributed by atoms with Crippen molar-refractivity contribution in [1.82, 2.24) is 4.90 Å². The molecule has 3 aromatic rings. The number of ether oxygens (including phenoxy) is 1. The quantitative estimate of drug-likeness (QED) is 0.212. The van der Waals surface area contributed by atoms with E-state index in [0.717, 1.165) is 16.7 Å². The second kappa shape index (κ2) is 9.70. The number of amides is 2. The molecule has 1 aliphatic heterocycles. The largest absolute Gasteiger partial charge is 0.492 e. The minimum Gasteiger partial charge on any atom is -0.492 e. The molecule has 0 radical (unpaired) electrons. The minimum atomic E-state index is -0.542. The average Bonchev–Trinajstić information content (AvgIpc) is 3.34. The molecule has 2 amide bonds. The molecule has 11 heteroatoms. The lowest BCUT2D eigenvalue weighted by Gasteiger charge is -2.13. The number of carbonyl (C=O) groups excluding carboxylic acids is 2. The van der Waals surface area contributed by atoms with Crippen LogP contribution in [0.4, 0.5) is 10.5 Å². The molecule has 0 atom stereocenters. The molecule has 1 fully saturated rings. The van der Waals surface area contributed by atoms with Gasteiger partial charge in [0, 0.05) is 28.8 Å². The molecular formula is C22H14Cl2N2O6S. The summed E-state index contributed by atoms with van der Waals surface area (Å²) in [6.07, 6.45) is 1.47. The van der Waals surface area contributed by atoms with Crippen molar-refractivity contribution in [2.75, 3.05) is 13.2 Å². The fraction of sp³-hybridized carbons (Fsp3) is 0.0909. The van der Waals surface area contributed by atoms with Crippen molar-refractivity contribution in [3.63, 3.8) is 0 Å². The van der Waals surface area contributed by atoms with Crippen molar-refractivity contribution in [1.29, 1.82) is 0 Å². The van der Waals surface area contributed by atoms with Crippen molar-refractivity contribution in [3.05, 3.63) is 85.4 Å². The van der Waals surface area contributed by atoms with Gasteiger partial charge in [-0.05, 0) is 54.2 Å². The summed E-state index contributed by atoms with van der Waals surface area (Å²) >= 11 is 12.8. The van der Waals surface area contributed by atoms with Gasteiger partial charge < -0.3 is 9.15 Å². The maximum absolute atomic E-state index is 12.7. The molecule has 0 bridgehead atoms. The van der Waals surface area contributed by atoms with E-state index in [1.165, 1.54) is 24.3 Å². The number of non-ortho nitro benzene ring substituents is 1. The van der Waals surface area contributed by atoms with Gasteiger partial charge in [0.2, 0.25) is 0 Å². The summed E-state index contributed by atoms with van der Waals surface area (Å²) in [5.41, 5.74) is 0.332. The predicted octanol–water partition coefficient (Wildman–Crippen LogP) is 6.28. The number of benzene rings is 2. The first-order valence-corrected chi connectivity index (χ1v) is 11.1. The molecule has 0 aliphatic carbocycles. The molecule has 0 N–H and O–H groups in total. The Labute approximate surface area is 201 Å². The monoisotopic (exact) mass is 504 g/mol. The van der Waals surface area contributed by atoms with Crippen molar-refractivity contribution in [3.8, 4) is 17.1 Å². The third kappa shape index (κ3) is 5.22. The Morgan fingerprint density at radius 2 is 1.85 bits per heavy atom. The van der Waals surface area contributed by atoms with Gasteiger partial charge in [-0.25, -0.2) is 0 Å². The number of halogens is 2. The van der Waals surface area contributed by atoms with Crippen LogP contribution in [0.5, 0.6) is 5.75 Å². The van der Waals surface area contributed by atoms with Gasteiger partial charge >= 0.3 is 0 Å². The van der Waals surface area contributed by atoms with Crippen LogP contribution in [-0.2, 0) is 4.79 Å². The number of nitro groups is 1. The van der Waals surface area contributed by atoms with Gasteiger partial charge in [0.05, 0.1) is 21.4 Å². The topological polar surface area (TPSA) is 103 Å². The number of rotatable bonds is 7. The Kier molecular flexibility index (Phi) is 6.73. The molecule has 0 unspecified atom stereocenters. The molecule has 1 aliphatic rings. The summed E-state index contributed by atoms with van der Waals surface area (Å²) < 4.78 is 11.3. The SMILES string of the molecule is O=C1S/C(=C\c2ccc(-c3ccc([N+](=O)[O-])cc3Cl)o2)C(=O)N1CCOc1ccc(Cl)cc1.